The van der Waals surface area contributed by atoms with Gasteiger partial charge in [0.25, 0.3) is 15.9 Å². The number of carbonyl (C=O) groups excluding carboxylic acids is 1. The summed E-state index contributed by atoms with van der Waals surface area (Å²) in [7, 11) is -3.99. The maximum atomic E-state index is 13.0. The van der Waals surface area contributed by atoms with Crippen LogP contribution in [0.2, 0.25) is 5.02 Å². The molecule has 0 aliphatic rings. The van der Waals surface area contributed by atoms with Crippen LogP contribution in [0.4, 0.5) is 11.4 Å². The molecule has 1 amide bonds. The number of hydrogen-bond donors (Lipinski definition) is 2. The number of nitrogens with one attached hydrogen (secondary N) is 2. The molecule has 0 fully saturated rings. The minimum atomic E-state index is -3.99. The van der Waals surface area contributed by atoms with Crippen molar-refractivity contribution < 1.29 is 13.2 Å². The van der Waals surface area contributed by atoms with E-state index in [0.717, 1.165) is 16.7 Å². The van der Waals surface area contributed by atoms with Crippen molar-refractivity contribution in [1.82, 2.24) is 0 Å². The Kier molecular flexibility index (Phi) is 6.72. The second kappa shape index (κ2) is 9.12. The molecule has 7 heteroatoms. The smallest absolute Gasteiger partial charge is 0.263 e. The molecule has 5 nitrogen and oxygen atoms in total. The first-order chi connectivity index (χ1) is 14.6. The molecule has 31 heavy (non-hydrogen) atoms. The van der Waals surface area contributed by atoms with E-state index in [2.05, 4.69) is 23.9 Å². The third-order valence-electron chi connectivity index (χ3n) is 4.96. The van der Waals surface area contributed by atoms with Crippen LogP contribution in [-0.2, 0) is 10.0 Å². The topological polar surface area (TPSA) is 75.3 Å². The number of aryl methyl sites for hydroxylation is 2. The molecule has 0 aromatic heterocycles. The van der Waals surface area contributed by atoms with E-state index in [4.69, 9.17) is 11.6 Å². The molecule has 162 valence electrons. The van der Waals surface area contributed by atoms with E-state index < -0.39 is 15.9 Å². The van der Waals surface area contributed by atoms with Crippen LogP contribution in [-0.4, -0.2) is 14.3 Å². The van der Waals surface area contributed by atoms with Crippen LogP contribution in [0.5, 0.6) is 0 Å². The highest BCUT2D eigenvalue weighted by Crippen LogP contribution is 2.27. The molecule has 0 saturated heterocycles. The molecule has 2 N–H and O–H groups in total. The monoisotopic (exact) mass is 456 g/mol. The summed E-state index contributed by atoms with van der Waals surface area (Å²) in [6, 6.07) is 17.2. The lowest BCUT2D eigenvalue weighted by molar-refractivity contribution is 0.102. The highest BCUT2D eigenvalue weighted by Gasteiger charge is 2.21. The zero-order valence-electron chi connectivity index (χ0n) is 17.9. The number of halogens is 1. The quantitative estimate of drug-likeness (QED) is 0.468. The average molecular weight is 457 g/mol. The van der Waals surface area contributed by atoms with Gasteiger partial charge in [-0.3, -0.25) is 9.52 Å². The maximum Gasteiger partial charge on any atom is 0.263 e. The fraction of sp³-hybridized carbons (Fsp3) is 0.208. The number of hydrogen-bond acceptors (Lipinski definition) is 3. The van der Waals surface area contributed by atoms with Crippen molar-refractivity contribution >= 4 is 38.9 Å². The zero-order valence-corrected chi connectivity index (χ0v) is 19.4. The maximum absolute atomic E-state index is 13.0. The standard InChI is InChI=1S/C24H25ClN2O3S/c1-15(2)18-7-10-20(11-8-18)26-24(28)19-9-12-21(25)23(14-19)31(29,30)27-22-13-16(3)5-6-17(22)4/h5-15,27H,1-4H3,(H,26,28). The Morgan fingerprint density at radius 1 is 0.935 bits per heavy atom. The highest BCUT2D eigenvalue weighted by atomic mass is 35.5. The van der Waals surface area contributed by atoms with Crippen LogP contribution in [0.15, 0.2) is 65.6 Å². The summed E-state index contributed by atoms with van der Waals surface area (Å²) < 4.78 is 28.6. The molecule has 0 unspecified atom stereocenters. The van der Waals surface area contributed by atoms with Gasteiger partial charge in [0.1, 0.15) is 4.90 Å². The first-order valence-electron chi connectivity index (χ1n) is 9.88. The van der Waals surface area contributed by atoms with Crippen molar-refractivity contribution in [2.45, 2.75) is 38.5 Å². The lowest BCUT2D eigenvalue weighted by Gasteiger charge is -2.14. The fourth-order valence-electron chi connectivity index (χ4n) is 3.05. The van der Waals surface area contributed by atoms with Gasteiger partial charge in [-0.2, -0.15) is 0 Å². The molecule has 3 rings (SSSR count). The number of anilines is 2. The van der Waals surface area contributed by atoms with Crippen LogP contribution in [0.3, 0.4) is 0 Å². The van der Waals surface area contributed by atoms with Crippen LogP contribution < -0.4 is 10.0 Å². The molecule has 0 aliphatic heterocycles. The molecule has 0 aliphatic carbocycles. The predicted molar refractivity (Wildman–Crippen MR) is 127 cm³/mol. The van der Waals surface area contributed by atoms with E-state index in [0.29, 0.717) is 17.3 Å². The minimum absolute atomic E-state index is 0.0376. The number of carbonyl (C=O) groups is 1. The van der Waals surface area contributed by atoms with Crippen molar-refractivity contribution in [3.05, 3.63) is 87.9 Å². The van der Waals surface area contributed by atoms with E-state index in [-0.39, 0.29) is 15.5 Å². The van der Waals surface area contributed by atoms with Gasteiger partial charge in [-0.1, -0.05) is 49.7 Å². The first-order valence-corrected chi connectivity index (χ1v) is 11.7. The lowest BCUT2D eigenvalue weighted by Crippen LogP contribution is -2.17. The highest BCUT2D eigenvalue weighted by molar-refractivity contribution is 7.92. The summed E-state index contributed by atoms with van der Waals surface area (Å²) >= 11 is 6.18. The van der Waals surface area contributed by atoms with Gasteiger partial charge in [0.2, 0.25) is 0 Å². The Hall–Kier alpha value is -2.83. The van der Waals surface area contributed by atoms with E-state index in [1.807, 2.05) is 50.2 Å². The van der Waals surface area contributed by atoms with Crippen molar-refractivity contribution in [3.8, 4) is 0 Å². The molecule has 3 aromatic carbocycles. The van der Waals surface area contributed by atoms with Gasteiger partial charge in [0, 0.05) is 11.3 Å². The Balaban J connectivity index is 1.86. The average Bonchev–Trinajstić information content (AvgIpc) is 2.71. The minimum Gasteiger partial charge on any atom is -0.322 e. The Morgan fingerprint density at radius 3 is 2.26 bits per heavy atom. The van der Waals surface area contributed by atoms with Crippen LogP contribution >= 0.6 is 11.6 Å². The molecular formula is C24H25ClN2O3S. The largest absolute Gasteiger partial charge is 0.322 e. The third-order valence-corrected chi connectivity index (χ3v) is 6.80. The molecule has 0 spiro atoms. The molecule has 0 atom stereocenters. The van der Waals surface area contributed by atoms with Crippen LogP contribution in [0, 0.1) is 13.8 Å². The lowest BCUT2D eigenvalue weighted by atomic mass is 10.0. The first kappa shape index (κ1) is 22.8. The Labute approximate surface area is 188 Å². The summed E-state index contributed by atoms with van der Waals surface area (Å²) in [6.45, 7) is 7.88. The van der Waals surface area contributed by atoms with Crippen molar-refractivity contribution in [1.29, 1.82) is 0 Å². The second-order valence-corrected chi connectivity index (χ2v) is 9.86. The summed E-state index contributed by atoms with van der Waals surface area (Å²) in [6.07, 6.45) is 0. The second-order valence-electron chi connectivity index (χ2n) is 7.80. The Bertz CT molecular complexity index is 1220. The van der Waals surface area contributed by atoms with Gasteiger partial charge in [0.05, 0.1) is 10.7 Å². The summed E-state index contributed by atoms with van der Waals surface area (Å²) in [5, 5.41) is 2.83. The fourth-order valence-corrected chi connectivity index (χ4v) is 4.70. The molecule has 0 heterocycles. The van der Waals surface area contributed by atoms with E-state index in [1.54, 1.807) is 6.07 Å². The SMILES string of the molecule is Cc1ccc(C)c(NS(=O)(=O)c2cc(C(=O)Nc3ccc(C(C)C)cc3)ccc2Cl)c1. The van der Waals surface area contributed by atoms with E-state index in [9.17, 15) is 13.2 Å². The molecule has 0 bridgehead atoms. The number of sulfonamides is 1. The van der Waals surface area contributed by atoms with Crippen LogP contribution in [0.25, 0.3) is 0 Å². The number of rotatable bonds is 6. The van der Waals surface area contributed by atoms with Gasteiger partial charge < -0.3 is 5.32 Å². The molecule has 3 aromatic rings. The summed E-state index contributed by atoms with van der Waals surface area (Å²) in [5.41, 5.74) is 4.16. The summed E-state index contributed by atoms with van der Waals surface area (Å²) in [4.78, 5) is 12.6. The predicted octanol–water partition coefficient (Wildman–Crippen LogP) is 6.13. The summed E-state index contributed by atoms with van der Waals surface area (Å²) in [5.74, 6) is -0.0320. The van der Waals surface area contributed by atoms with Crippen molar-refractivity contribution in [3.63, 3.8) is 0 Å². The van der Waals surface area contributed by atoms with E-state index >= 15 is 0 Å². The van der Waals surface area contributed by atoms with Crippen molar-refractivity contribution in [2.75, 3.05) is 10.0 Å². The molecule has 0 radical (unpaired) electrons. The molecular weight excluding hydrogens is 432 g/mol. The normalized spacial score (nSPS) is 11.4. The zero-order chi connectivity index (χ0) is 22.8. The van der Waals surface area contributed by atoms with Gasteiger partial charge in [-0.15, -0.1) is 0 Å². The van der Waals surface area contributed by atoms with Gasteiger partial charge in [0.15, 0.2) is 0 Å². The number of amides is 1. The Morgan fingerprint density at radius 2 is 1.61 bits per heavy atom. The van der Waals surface area contributed by atoms with Gasteiger partial charge >= 0.3 is 0 Å². The number of benzene rings is 3. The van der Waals surface area contributed by atoms with Gasteiger partial charge in [-0.25, -0.2) is 8.42 Å². The van der Waals surface area contributed by atoms with Crippen LogP contribution in [0.1, 0.15) is 46.8 Å². The third kappa shape index (κ3) is 5.46. The van der Waals surface area contributed by atoms with Gasteiger partial charge in [-0.05, 0) is 72.9 Å². The van der Waals surface area contributed by atoms with E-state index in [1.165, 1.54) is 18.2 Å². The van der Waals surface area contributed by atoms with Crippen molar-refractivity contribution in [2.24, 2.45) is 0 Å². The molecule has 0 saturated carbocycles.